The fourth-order valence-corrected chi connectivity index (χ4v) is 3.17. The van der Waals surface area contributed by atoms with Crippen LogP contribution in [0.5, 0.6) is 0 Å². The molecule has 0 amide bonds. The van der Waals surface area contributed by atoms with Crippen molar-refractivity contribution >= 4 is 15.7 Å². The lowest BCUT2D eigenvalue weighted by Gasteiger charge is -2.59. The average Bonchev–Trinajstić information content (AvgIpc) is 2.12. The van der Waals surface area contributed by atoms with E-state index in [0.29, 0.717) is 11.8 Å². The van der Waals surface area contributed by atoms with Gasteiger partial charge in [-0.3, -0.25) is 0 Å². The summed E-state index contributed by atoms with van der Waals surface area (Å²) < 4.78 is 0. The highest BCUT2D eigenvalue weighted by molar-refractivity contribution is 6.17. The summed E-state index contributed by atoms with van der Waals surface area (Å²) in [5.74, 6) is 1.25. The molecule has 0 aromatic heterocycles. The van der Waals surface area contributed by atoms with E-state index in [1.165, 1.54) is 12.8 Å². The maximum Gasteiger partial charge on any atom is 0.0805 e. The summed E-state index contributed by atoms with van der Waals surface area (Å²) in [5.41, 5.74) is 1.36. The molecule has 0 aromatic rings. The molecule has 0 aliphatic heterocycles. The molecule has 4 radical (unpaired) electrons. The van der Waals surface area contributed by atoms with Crippen LogP contribution < -0.4 is 0 Å². The maximum absolute atomic E-state index is 6.44. The molecule has 0 heterocycles. The first kappa shape index (κ1) is 13.9. The molecule has 5 atom stereocenters. The van der Waals surface area contributed by atoms with Crippen LogP contribution in [0.4, 0.5) is 0 Å². The molecule has 0 saturated heterocycles. The summed E-state index contributed by atoms with van der Waals surface area (Å²) in [5, 5.41) is -0.254. The van der Waals surface area contributed by atoms with Crippen molar-refractivity contribution in [3.05, 3.63) is 12.2 Å². The fourth-order valence-electron chi connectivity index (χ4n) is 3.17. The zero-order chi connectivity index (χ0) is 12.7. The Morgan fingerprint density at radius 1 is 1.50 bits per heavy atom. The van der Waals surface area contributed by atoms with E-state index in [9.17, 15) is 0 Å². The standard InChI is InChI=1S/C14H24B2/c1-9(2)14(6,16)12-7-8-13(12,5)10(3)11(4)15/h10-12H,1,7-8H2,2-6H3/t10?,11-,12?,13-,14-/m1/s1. The topological polar surface area (TPSA) is 0 Å². The molecule has 1 rings (SSSR count). The summed E-state index contributed by atoms with van der Waals surface area (Å²) in [4.78, 5) is 0. The van der Waals surface area contributed by atoms with E-state index >= 15 is 0 Å². The fraction of sp³-hybridized carbons (Fsp3) is 0.857. The van der Waals surface area contributed by atoms with Crippen molar-refractivity contribution in [1.82, 2.24) is 0 Å². The highest BCUT2D eigenvalue weighted by Gasteiger charge is 2.52. The van der Waals surface area contributed by atoms with Crippen LogP contribution in [0.25, 0.3) is 0 Å². The van der Waals surface area contributed by atoms with Gasteiger partial charge in [0.15, 0.2) is 0 Å². The summed E-state index contributed by atoms with van der Waals surface area (Å²) in [7, 11) is 12.5. The van der Waals surface area contributed by atoms with Crippen molar-refractivity contribution in [2.45, 2.75) is 58.6 Å². The van der Waals surface area contributed by atoms with Crippen molar-refractivity contribution in [2.75, 3.05) is 0 Å². The van der Waals surface area contributed by atoms with Crippen LogP contribution >= 0.6 is 0 Å². The summed E-state index contributed by atoms with van der Waals surface area (Å²) in [6.07, 6.45) is 2.44. The Labute approximate surface area is 104 Å². The first-order valence-electron chi connectivity index (χ1n) is 6.34. The van der Waals surface area contributed by atoms with Gasteiger partial charge in [-0.1, -0.05) is 39.1 Å². The molecule has 1 saturated carbocycles. The van der Waals surface area contributed by atoms with Gasteiger partial charge >= 0.3 is 0 Å². The van der Waals surface area contributed by atoms with Crippen LogP contribution in [0.2, 0.25) is 11.1 Å². The van der Waals surface area contributed by atoms with Gasteiger partial charge in [0.2, 0.25) is 0 Å². The zero-order valence-corrected chi connectivity index (χ0v) is 11.5. The third-order valence-electron chi connectivity index (χ3n) is 5.24. The summed E-state index contributed by atoms with van der Waals surface area (Å²) in [6, 6.07) is 0. The maximum atomic E-state index is 6.44. The second-order valence-corrected chi connectivity index (χ2v) is 6.31. The van der Waals surface area contributed by atoms with Crippen LogP contribution in [0.3, 0.4) is 0 Å². The van der Waals surface area contributed by atoms with Crippen molar-refractivity contribution < 1.29 is 0 Å². The third-order valence-corrected chi connectivity index (χ3v) is 5.24. The Morgan fingerprint density at radius 3 is 2.25 bits per heavy atom. The molecule has 2 heteroatoms. The van der Waals surface area contributed by atoms with Gasteiger partial charge < -0.3 is 0 Å². The van der Waals surface area contributed by atoms with E-state index in [2.05, 4.69) is 34.3 Å². The van der Waals surface area contributed by atoms with Crippen molar-refractivity contribution in [3.63, 3.8) is 0 Å². The number of hydrogen-bond acceptors (Lipinski definition) is 0. The SMILES string of the molecule is [B][C@H](C)C(C)[C@@]1(C)CCC1[C@@]([B])(C)C(=C)C. The lowest BCUT2D eigenvalue weighted by atomic mass is 9.40. The number of rotatable bonds is 4. The Kier molecular flexibility index (Phi) is 3.72. The predicted molar refractivity (Wildman–Crippen MR) is 74.1 cm³/mol. The summed E-state index contributed by atoms with van der Waals surface area (Å²) in [6.45, 7) is 14.9. The van der Waals surface area contributed by atoms with Gasteiger partial charge in [-0.05, 0) is 42.3 Å². The molecule has 0 aromatic carbocycles. The zero-order valence-electron chi connectivity index (χ0n) is 11.5. The second-order valence-electron chi connectivity index (χ2n) is 6.31. The normalized spacial score (nSPS) is 36.9. The van der Waals surface area contributed by atoms with Gasteiger partial charge in [0.25, 0.3) is 0 Å². The van der Waals surface area contributed by atoms with Gasteiger partial charge in [0.05, 0.1) is 15.7 Å². The lowest BCUT2D eigenvalue weighted by Crippen LogP contribution is -2.49. The van der Waals surface area contributed by atoms with Crippen molar-refractivity contribution in [2.24, 2.45) is 17.3 Å². The molecule has 1 aliphatic carbocycles. The van der Waals surface area contributed by atoms with Crippen LogP contribution in [0, 0.1) is 17.3 Å². The molecule has 16 heavy (non-hydrogen) atoms. The monoisotopic (exact) mass is 214 g/mol. The van der Waals surface area contributed by atoms with E-state index in [0.717, 1.165) is 5.57 Å². The van der Waals surface area contributed by atoms with Crippen LogP contribution in [0.1, 0.15) is 47.5 Å². The van der Waals surface area contributed by atoms with E-state index in [4.69, 9.17) is 15.7 Å². The van der Waals surface area contributed by atoms with Gasteiger partial charge in [0, 0.05) is 0 Å². The van der Waals surface area contributed by atoms with E-state index in [-0.39, 0.29) is 16.5 Å². The van der Waals surface area contributed by atoms with E-state index < -0.39 is 0 Å². The van der Waals surface area contributed by atoms with Crippen LogP contribution in [0.15, 0.2) is 12.2 Å². The predicted octanol–water partition coefficient (Wildman–Crippen LogP) is 3.94. The smallest absolute Gasteiger partial charge is 0.0805 e. The molecule has 0 bridgehead atoms. The van der Waals surface area contributed by atoms with Gasteiger partial charge in [-0.2, -0.15) is 0 Å². The molecular weight excluding hydrogens is 190 g/mol. The molecule has 0 N–H and O–H groups in total. The Hall–Kier alpha value is -0.130. The molecule has 2 unspecified atom stereocenters. The second kappa shape index (κ2) is 4.27. The van der Waals surface area contributed by atoms with Gasteiger partial charge in [-0.15, -0.1) is 6.58 Å². The highest BCUT2D eigenvalue weighted by Crippen LogP contribution is 2.63. The molecule has 86 valence electrons. The molecule has 1 fully saturated rings. The molecule has 0 spiro atoms. The number of allylic oxidation sites excluding steroid dienone is 1. The Bertz CT molecular complexity index is 280. The minimum absolute atomic E-state index is 0.230. The Morgan fingerprint density at radius 2 is 2.00 bits per heavy atom. The van der Waals surface area contributed by atoms with Crippen molar-refractivity contribution in [1.29, 1.82) is 0 Å². The third kappa shape index (κ3) is 2.00. The molecular formula is C14H24B2. The summed E-state index contributed by atoms with van der Waals surface area (Å²) >= 11 is 0. The van der Waals surface area contributed by atoms with Gasteiger partial charge in [-0.25, -0.2) is 0 Å². The minimum Gasteiger partial charge on any atom is -0.100 e. The van der Waals surface area contributed by atoms with E-state index in [1.54, 1.807) is 0 Å². The molecule has 1 aliphatic rings. The van der Waals surface area contributed by atoms with Gasteiger partial charge in [0.1, 0.15) is 0 Å². The highest BCUT2D eigenvalue weighted by atomic mass is 14.6. The largest absolute Gasteiger partial charge is 0.100 e. The first-order valence-corrected chi connectivity index (χ1v) is 6.34. The number of hydrogen-bond donors (Lipinski definition) is 0. The first-order chi connectivity index (χ1) is 7.14. The quantitative estimate of drug-likeness (QED) is 0.491. The van der Waals surface area contributed by atoms with E-state index in [1.807, 2.05) is 6.92 Å². The van der Waals surface area contributed by atoms with Crippen LogP contribution in [-0.2, 0) is 0 Å². The van der Waals surface area contributed by atoms with Crippen molar-refractivity contribution in [3.8, 4) is 0 Å². The minimum atomic E-state index is -0.254. The molecule has 0 nitrogen and oxygen atoms in total. The average molecular weight is 214 g/mol. The lowest BCUT2D eigenvalue weighted by molar-refractivity contribution is -0.0263. The Balaban J connectivity index is 2.90. The van der Waals surface area contributed by atoms with Crippen LogP contribution in [-0.4, -0.2) is 15.7 Å².